The standard InChI is InChI=1S/C10H13NO3S/c1-7-4-3-5-9(10(7)11(13)14)15-8(2)6-12/h3-5,8,12H,6H2,1-2H3. The molecule has 0 heterocycles. The number of hydrogen-bond donors (Lipinski definition) is 1. The molecule has 1 unspecified atom stereocenters. The lowest BCUT2D eigenvalue weighted by Gasteiger charge is -2.08. The zero-order valence-corrected chi connectivity index (χ0v) is 9.45. The number of nitro benzene ring substituents is 1. The third-order valence-corrected chi connectivity index (χ3v) is 3.10. The Morgan fingerprint density at radius 2 is 2.27 bits per heavy atom. The smallest absolute Gasteiger partial charge is 0.285 e. The van der Waals surface area contributed by atoms with Crippen molar-refractivity contribution in [2.45, 2.75) is 24.0 Å². The van der Waals surface area contributed by atoms with Crippen LogP contribution in [-0.2, 0) is 0 Å². The fourth-order valence-corrected chi connectivity index (χ4v) is 2.23. The molecule has 0 spiro atoms. The number of benzene rings is 1. The molecule has 1 aromatic rings. The number of aliphatic hydroxyl groups excluding tert-OH is 1. The van der Waals surface area contributed by atoms with Crippen molar-refractivity contribution in [3.05, 3.63) is 33.9 Å². The maximum Gasteiger partial charge on any atom is 0.285 e. The van der Waals surface area contributed by atoms with Gasteiger partial charge >= 0.3 is 0 Å². The van der Waals surface area contributed by atoms with Crippen LogP contribution >= 0.6 is 11.8 Å². The lowest BCUT2D eigenvalue weighted by molar-refractivity contribution is -0.388. The molecule has 0 aliphatic rings. The van der Waals surface area contributed by atoms with Gasteiger partial charge in [-0.3, -0.25) is 10.1 Å². The van der Waals surface area contributed by atoms with Crippen LogP contribution in [0, 0.1) is 17.0 Å². The molecule has 15 heavy (non-hydrogen) atoms. The maximum atomic E-state index is 10.8. The molecule has 82 valence electrons. The highest BCUT2D eigenvalue weighted by Crippen LogP contribution is 2.33. The summed E-state index contributed by atoms with van der Waals surface area (Å²) in [5.74, 6) is 0. The summed E-state index contributed by atoms with van der Waals surface area (Å²) in [6.45, 7) is 3.55. The van der Waals surface area contributed by atoms with Gasteiger partial charge < -0.3 is 5.11 Å². The topological polar surface area (TPSA) is 63.4 Å². The minimum atomic E-state index is -0.373. The third-order valence-electron chi connectivity index (χ3n) is 1.97. The van der Waals surface area contributed by atoms with E-state index in [9.17, 15) is 10.1 Å². The number of nitrogens with zero attached hydrogens (tertiary/aromatic N) is 1. The van der Waals surface area contributed by atoms with E-state index in [-0.39, 0.29) is 22.5 Å². The first kappa shape index (κ1) is 12.0. The van der Waals surface area contributed by atoms with Crippen molar-refractivity contribution in [1.29, 1.82) is 0 Å². The Kier molecular flexibility index (Phi) is 4.11. The van der Waals surface area contributed by atoms with E-state index in [2.05, 4.69) is 0 Å². The molecular weight excluding hydrogens is 214 g/mol. The number of aliphatic hydroxyl groups is 1. The zero-order valence-electron chi connectivity index (χ0n) is 8.64. The van der Waals surface area contributed by atoms with Gasteiger partial charge in [-0.25, -0.2) is 0 Å². The fourth-order valence-electron chi connectivity index (χ4n) is 1.22. The second-order valence-corrected chi connectivity index (χ2v) is 4.77. The Labute approximate surface area is 92.5 Å². The number of rotatable bonds is 4. The molecule has 0 bridgehead atoms. The average molecular weight is 227 g/mol. The van der Waals surface area contributed by atoms with Crippen LogP contribution in [0.1, 0.15) is 12.5 Å². The fraction of sp³-hybridized carbons (Fsp3) is 0.400. The molecule has 1 aromatic carbocycles. The summed E-state index contributed by atoms with van der Waals surface area (Å²) in [6, 6.07) is 5.21. The first-order valence-electron chi connectivity index (χ1n) is 4.57. The predicted octanol–water partition coefficient (Wildman–Crippen LogP) is 2.38. The van der Waals surface area contributed by atoms with Gasteiger partial charge in [-0.05, 0) is 13.0 Å². The highest BCUT2D eigenvalue weighted by Gasteiger charge is 2.18. The summed E-state index contributed by atoms with van der Waals surface area (Å²) in [6.07, 6.45) is 0. The van der Waals surface area contributed by atoms with E-state index < -0.39 is 0 Å². The van der Waals surface area contributed by atoms with Crippen molar-refractivity contribution in [2.24, 2.45) is 0 Å². The number of thioether (sulfide) groups is 1. The Morgan fingerprint density at radius 3 is 2.80 bits per heavy atom. The van der Waals surface area contributed by atoms with Crippen LogP contribution in [0.4, 0.5) is 5.69 Å². The van der Waals surface area contributed by atoms with Crippen LogP contribution < -0.4 is 0 Å². The molecule has 0 aromatic heterocycles. The van der Waals surface area contributed by atoms with Crippen LogP contribution in [-0.4, -0.2) is 21.9 Å². The first-order valence-corrected chi connectivity index (χ1v) is 5.45. The van der Waals surface area contributed by atoms with Gasteiger partial charge in [0, 0.05) is 10.8 Å². The summed E-state index contributed by atoms with van der Waals surface area (Å²) in [7, 11) is 0. The normalized spacial score (nSPS) is 12.5. The molecule has 0 radical (unpaired) electrons. The van der Waals surface area contributed by atoms with Crippen molar-refractivity contribution >= 4 is 17.4 Å². The van der Waals surface area contributed by atoms with Gasteiger partial charge in [-0.2, -0.15) is 0 Å². The van der Waals surface area contributed by atoms with Crippen molar-refractivity contribution in [3.8, 4) is 0 Å². The minimum absolute atomic E-state index is 0.00969. The summed E-state index contributed by atoms with van der Waals surface area (Å²) < 4.78 is 0. The van der Waals surface area contributed by atoms with E-state index in [0.717, 1.165) is 0 Å². The molecule has 0 aliphatic carbocycles. The predicted molar refractivity (Wildman–Crippen MR) is 60.2 cm³/mol. The molecule has 0 saturated carbocycles. The SMILES string of the molecule is Cc1cccc(SC(C)CO)c1[N+](=O)[O-]. The molecule has 0 saturated heterocycles. The van der Waals surface area contributed by atoms with Crippen LogP contribution in [0.5, 0.6) is 0 Å². The lowest BCUT2D eigenvalue weighted by Crippen LogP contribution is -2.03. The number of aryl methyl sites for hydroxylation is 1. The summed E-state index contributed by atoms with van der Waals surface area (Å²) in [5.41, 5.74) is 0.790. The van der Waals surface area contributed by atoms with Gasteiger partial charge in [0.15, 0.2) is 0 Å². The minimum Gasteiger partial charge on any atom is -0.395 e. The Bertz CT molecular complexity index is 368. The molecule has 0 amide bonds. The van der Waals surface area contributed by atoms with E-state index in [4.69, 9.17) is 5.11 Å². The van der Waals surface area contributed by atoms with E-state index in [0.29, 0.717) is 10.5 Å². The summed E-state index contributed by atoms with van der Waals surface area (Å²) >= 11 is 1.32. The molecule has 1 atom stereocenters. The monoisotopic (exact) mass is 227 g/mol. The zero-order chi connectivity index (χ0) is 11.4. The summed E-state index contributed by atoms with van der Waals surface area (Å²) in [4.78, 5) is 11.1. The van der Waals surface area contributed by atoms with Crippen molar-refractivity contribution < 1.29 is 10.0 Å². The third kappa shape index (κ3) is 2.94. The van der Waals surface area contributed by atoms with Gasteiger partial charge in [-0.1, -0.05) is 19.1 Å². The quantitative estimate of drug-likeness (QED) is 0.487. The van der Waals surface area contributed by atoms with Crippen LogP contribution in [0.3, 0.4) is 0 Å². The highest BCUT2D eigenvalue weighted by molar-refractivity contribution is 8.00. The van der Waals surface area contributed by atoms with Crippen molar-refractivity contribution in [3.63, 3.8) is 0 Å². The lowest BCUT2D eigenvalue weighted by atomic mass is 10.2. The van der Waals surface area contributed by atoms with E-state index in [1.54, 1.807) is 25.1 Å². The molecule has 0 fully saturated rings. The second-order valence-electron chi connectivity index (χ2n) is 3.29. The van der Waals surface area contributed by atoms with Gasteiger partial charge in [0.2, 0.25) is 0 Å². The summed E-state index contributed by atoms with van der Waals surface area (Å²) in [5, 5.41) is 19.7. The van der Waals surface area contributed by atoms with E-state index >= 15 is 0 Å². The van der Waals surface area contributed by atoms with Crippen LogP contribution in [0.15, 0.2) is 23.1 Å². The highest BCUT2D eigenvalue weighted by atomic mass is 32.2. The molecule has 1 rings (SSSR count). The van der Waals surface area contributed by atoms with Crippen molar-refractivity contribution in [2.75, 3.05) is 6.61 Å². The second kappa shape index (κ2) is 5.14. The average Bonchev–Trinajstić information content (AvgIpc) is 2.17. The van der Waals surface area contributed by atoms with E-state index in [1.165, 1.54) is 11.8 Å². The number of nitro groups is 1. The molecular formula is C10H13NO3S. The van der Waals surface area contributed by atoms with Gasteiger partial charge in [0.05, 0.1) is 16.4 Å². The van der Waals surface area contributed by atoms with Gasteiger partial charge in [-0.15, -0.1) is 11.8 Å². The van der Waals surface area contributed by atoms with Crippen LogP contribution in [0.2, 0.25) is 0 Å². The number of para-hydroxylation sites is 1. The molecule has 5 heteroatoms. The van der Waals surface area contributed by atoms with Gasteiger partial charge in [0.25, 0.3) is 5.69 Å². The Balaban J connectivity index is 3.06. The molecule has 0 aliphatic heterocycles. The van der Waals surface area contributed by atoms with E-state index in [1.807, 2.05) is 6.92 Å². The Hall–Kier alpha value is -1.07. The van der Waals surface area contributed by atoms with Crippen LogP contribution in [0.25, 0.3) is 0 Å². The Morgan fingerprint density at radius 1 is 1.60 bits per heavy atom. The number of hydrogen-bond acceptors (Lipinski definition) is 4. The van der Waals surface area contributed by atoms with Gasteiger partial charge in [0.1, 0.15) is 0 Å². The molecule has 1 N–H and O–H groups in total. The first-order chi connectivity index (χ1) is 7.06. The van der Waals surface area contributed by atoms with Crippen molar-refractivity contribution in [1.82, 2.24) is 0 Å². The largest absolute Gasteiger partial charge is 0.395 e. The maximum absolute atomic E-state index is 10.8. The molecule has 4 nitrogen and oxygen atoms in total.